The van der Waals surface area contributed by atoms with Crippen molar-refractivity contribution in [2.75, 3.05) is 18.5 Å². The van der Waals surface area contributed by atoms with Crippen LogP contribution in [0.15, 0.2) is 36.5 Å². The van der Waals surface area contributed by atoms with Crippen LogP contribution in [0.25, 0.3) is 0 Å². The largest absolute Gasteiger partial charge is 0.482 e. The number of aromatic nitrogens is 1. The minimum absolute atomic E-state index is 0.0531. The summed E-state index contributed by atoms with van der Waals surface area (Å²) in [6.07, 6.45) is 1.40. The molecule has 1 aromatic heterocycles. The Balaban J connectivity index is 1.65. The van der Waals surface area contributed by atoms with Gasteiger partial charge >= 0.3 is 5.97 Å². The van der Waals surface area contributed by atoms with Crippen molar-refractivity contribution < 1.29 is 23.9 Å². The van der Waals surface area contributed by atoms with E-state index in [4.69, 9.17) is 9.47 Å². The van der Waals surface area contributed by atoms with Gasteiger partial charge in [0, 0.05) is 17.5 Å². The number of amides is 1. The zero-order valence-electron chi connectivity index (χ0n) is 12.9. The van der Waals surface area contributed by atoms with E-state index >= 15 is 0 Å². The van der Waals surface area contributed by atoms with E-state index < -0.39 is 12.6 Å². The lowest BCUT2D eigenvalue weighted by Crippen LogP contribution is -2.25. The minimum Gasteiger partial charge on any atom is -0.482 e. The number of nitrogens with one attached hydrogen (secondary N) is 1. The van der Waals surface area contributed by atoms with Crippen LogP contribution in [0.3, 0.4) is 0 Å². The van der Waals surface area contributed by atoms with Gasteiger partial charge in [-0.15, -0.1) is 0 Å². The van der Waals surface area contributed by atoms with Gasteiger partial charge < -0.3 is 14.8 Å². The van der Waals surface area contributed by atoms with Gasteiger partial charge in [0.2, 0.25) is 0 Å². The second kappa shape index (κ2) is 6.49. The lowest BCUT2D eigenvalue weighted by Gasteiger charge is -2.18. The van der Waals surface area contributed by atoms with E-state index in [1.165, 1.54) is 12.3 Å². The van der Waals surface area contributed by atoms with Gasteiger partial charge in [0.15, 0.2) is 19.0 Å². The van der Waals surface area contributed by atoms with E-state index in [1.807, 2.05) is 0 Å². The number of carbonyl (C=O) groups excluding carboxylic acids is 3. The first-order chi connectivity index (χ1) is 11.5. The molecule has 24 heavy (non-hydrogen) atoms. The lowest BCUT2D eigenvalue weighted by molar-refractivity contribution is -0.118. The molecule has 3 rings (SSSR count). The van der Waals surface area contributed by atoms with Gasteiger partial charge in [-0.3, -0.25) is 14.6 Å². The molecule has 0 saturated heterocycles. The van der Waals surface area contributed by atoms with E-state index in [-0.39, 0.29) is 23.9 Å². The molecule has 0 spiro atoms. The molecule has 0 radical (unpaired) electrons. The topological polar surface area (TPSA) is 94.6 Å². The number of Topliss-reactive ketones (excluding diaryl/α,β-unsaturated/α-hetero) is 1. The zero-order valence-corrected chi connectivity index (χ0v) is 12.9. The molecule has 7 nitrogen and oxygen atoms in total. The first kappa shape index (κ1) is 15.7. The van der Waals surface area contributed by atoms with Crippen LogP contribution < -0.4 is 10.1 Å². The van der Waals surface area contributed by atoms with Crippen LogP contribution in [0, 0.1) is 6.92 Å². The Kier molecular flexibility index (Phi) is 4.24. The number of nitrogens with zero attached hydrogens (tertiary/aromatic N) is 1. The predicted octanol–water partition coefficient (Wildman–Crippen LogP) is 1.76. The first-order valence-corrected chi connectivity index (χ1v) is 7.22. The first-order valence-electron chi connectivity index (χ1n) is 7.22. The van der Waals surface area contributed by atoms with E-state index in [0.717, 1.165) is 5.69 Å². The molecule has 0 atom stereocenters. The van der Waals surface area contributed by atoms with E-state index in [0.29, 0.717) is 17.0 Å². The van der Waals surface area contributed by atoms with E-state index in [2.05, 4.69) is 10.3 Å². The molecule has 1 aliphatic rings. The van der Waals surface area contributed by atoms with Crippen LogP contribution in [-0.2, 0) is 9.53 Å². The summed E-state index contributed by atoms with van der Waals surface area (Å²) in [6, 6.07) is 7.91. The Morgan fingerprint density at radius 1 is 1.25 bits per heavy atom. The number of esters is 1. The van der Waals surface area contributed by atoms with Crippen LogP contribution in [0.1, 0.15) is 26.4 Å². The number of hydrogen-bond donors (Lipinski definition) is 1. The lowest BCUT2D eigenvalue weighted by atomic mass is 10.1. The monoisotopic (exact) mass is 326 g/mol. The Morgan fingerprint density at radius 2 is 2.04 bits per heavy atom. The SMILES string of the molecule is Cc1ccc(C(=O)OCC(=O)c2ccc3c(c2)NC(=O)CO3)cn1. The molecule has 122 valence electrons. The summed E-state index contributed by atoms with van der Waals surface area (Å²) in [5.74, 6) is -0.796. The predicted molar refractivity (Wildman–Crippen MR) is 84.2 cm³/mol. The quantitative estimate of drug-likeness (QED) is 0.679. The fraction of sp³-hybridized carbons (Fsp3) is 0.176. The highest BCUT2D eigenvalue weighted by molar-refractivity contribution is 6.02. The van der Waals surface area contributed by atoms with Gasteiger partial charge in [-0.2, -0.15) is 0 Å². The highest BCUT2D eigenvalue weighted by Crippen LogP contribution is 2.28. The summed E-state index contributed by atoms with van der Waals surface area (Å²) in [4.78, 5) is 39.3. The highest BCUT2D eigenvalue weighted by Gasteiger charge is 2.18. The minimum atomic E-state index is -0.620. The van der Waals surface area contributed by atoms with Gasteiger partial charge in [-0.05, 0) is 37.3 Å². The molecule has 0 aliphatic carbocycles. The molecule has 2 heterocycles. The molecule has 7 heteroatoms. The van der Waals surface area contributed by atoms with Crippen molar-refractivity contribution in [1.29, 1.82) is 0 Å². The van der Waals surface area contributed by atoms with Gasteiger partial charge in [0.05, 0.1) is 11.3 Å². The average Bonchev–Trinajstić information content (AvgIpc) is 2.59. The number of hydrogen-bond acceptors (Lipinski definition) is 6. The number of carbonyl (C=O) groups is 3. The molecule has 0 fully saturated rings. The molecule has 1 N–H and O–H groups in total. The second-order valence-corrected chi connectivity index (χ2v) is 5.24. The normalized spacial score (nSPS) is 12.6. The summed E-state index contributed by atoms with van der Waals surface area (Å²) < 4.78 is 10.2. The third-order valence-corrected chi connectivity index (χ3v) is 3.42. The maximum absolute atomic E-state index is 12.2. The Hall–Kier alpha value is -3.22. The van der Waals surface area contributed by atoms with Gasteiger partial charge in [-0.1, -0.05) is 0 Å². The number of ether oxygens (including phenoxy) is 2. The Labute approximate surface area is 137 Å². The Bertz CT molecular complexity index is 814. The number of anilines is 1. The van der Waals surface area contributed by atoms with Crippen LogP contribution in [0.2, 0.25) is 0 Å². The number of rotatable bonds is 4. The van der Waals surface area contributed by atoms with E-state index in [9.17, 15) is 14.4 Å². The van der Waals surface area contributed by atoms with Crippen LogP contribution >= 0.6 is 0 Å². The number of benzene rings is 1. The molecular weight excluding hydrogens is 312 g/mol. The van der Waals surface area contributed by atoms with Crippen LogP contribution in [0.4, 0.5) is 5.69 Å². The molecule has 0 bridgehead atoms. The van der Waals surface area contributed by atoms with Crippen LogP contribution in [0.5, 0.6) is 5.75 Å². The Morgan fingerprint density at radius 3 is 2.79 bits per heavy atom. The summed E-state index contributed by atoms with van der Waals surface area (Å²) in [6.45, 7) is 1.35. The standard InChI is InChI=1S/C17H14N2O5/c1-10-2-3-12(7-18-10)17(22)24-8-14(20)11-4-5-15-13(6-11)19-16(21)9-23-15/h2-7H,8-9H2,1H3,(H,19,21). The average molecular weight is 326 g/mol. The third-order valence-electron chi connectivity index (χ3n) is 3.42. The van der Waals surface area contributed by atoms with Crippen molar-refractivity contribution in [3.63, 3.8) is 0 Å². The molecule has 1 amide bonds. The van der Waals surface area contributed by atoms with Crippen molar-refractivity contribution in [3.05, 3.63) is 53.3 Å². The number of fused-ring (bicyclic) bond motifs is 1. The molecule has 1 aromatic carbocycles. The summed E-state index contributed by atoms with van der Waals surface area (Å²) in [5.41, 5.74) is 1.79. The fourth-order valence-electron chi connectivity index (χ4n) is 2.14. The summed E-state index contributed by atoms with van der Waals surface area (Å²) in [7, 11) is 0. The molecular formula is C17H14N2O5. The van der Waals surface area contributed by atoms with Crippen molar-refractivity contribution in [2.45, 2.75) is 6.92 Å². The van der Waals surface area contributed by atoms with Crippen molar-refractivity contribution in [3.8, 4) is 5.75 Å². The maximum atomic E-state index is 12.2. The maximum Gasteiger partial charge on any atom is 0.340 e. The molecule has 0 unspecified atom stereocenters. The number of aryl methyl sites for hydroxylation is 1. The zero-order chi connectivity index (χ0) is 17.1. The summed E-state index contributed by atoms with van der Waals surface area (Å²) >= 11 is 0. The molecule has 0 saturated carbocycles. The van der Waals surface area contributed by atoms with Crippen molar-refractivity contribution in [1.82, 2.24) is 4.98 Å². The van der Waals surface area contributed by atoms with Crippen LogP contribution in [-0.4, -0.2) is 35.9 Å². The van der Waals surface area contributed by atoms with Gasteiger partial charge in [0.25, 0.3) is 5.91 Å². The summed E-state index contributed by atoms with van der Waals surface area (Å²) in [5, 5.41) is 2.62. The van der Waals surface area contributed by atoms with Gasteiger partial charge in [-0.25, -0.2) is 4.79 Å². The van der Waals surface area contributed by atoms with Crippen molar-refractivity contribution >= 4 is 23.3 Å². The van der Waals surface area contributed by atoms with E-state index in [1.54, 1.807) is 31.2 Å². The highest BCUT2D eigenvalue weighted by atomic mass is 16.5. The van der Waals surface area contributed by atoms with Gasteiger partial charge in [0.1, 0.15) is 5.75 Å². The number of pyridine rings is 1. The second-order valence-electron chi connectivity index (χ2n) is 5.24. The number of ketones is 1. The smallest absolute Gasteiger partial charge is 0.340 e. The molecule has 2 aromatic rings. The third kappa shape index (κ3) is 3.40. The van der Waals surface area contributed by atoms with Crippen molar-refractivity contribution in [2.24, 2.45) is 0 Å². The fourth-order valence-corrected chi connectivity index (χ4v) is 2.14. The molecule has 1 aliphatic heterocycles.